The van der Waals surface area contributed by atoms with E-state index in [2.05, 4.69) is 12.2 Å². The zero-order chi connectivity index (χ0) is 14.5. The third-order valence-electron chi connectivity index (χ3n) is 3.41. The molecule has 2 aromatic rings. The average molecular weight is 268 g/mol. The van der Waals surface area contributed by atoms with Crippen molar-refractivity contribution in [2.24, 2.45) is 0 Å². The highest BCUT2D eigenvalue weighted by molar-refractivity contribution is 5.96. The van der Waals surface area contributed by atoms with Gasteiger partial charge in [-0.05, 0) is 42.7 Å². The summed E-state index contributed by atoms with van der Waals surface area (Å²) >= 11 is 0. The Labute approximate surface area is 119 Å². The van der Waals surface area contributed by atoms with Crippen molar-refractivity contribution in [3.8, 4) is 0 Å². The van der Waals surface area contributed by atoms with Crippen LogP contribution in [0.2, 0.25) is 0 Å². The van der Waals surface area contributed by atoms with Crippen molar-refractivity contribution in [1.29, 1.82) is 0 Å². The lowest BCUT2D eigenvalue weighted by Gasteiger charge is -2.18. The summed E-state index contributed by atoms with van der Waals surface area (Å²) in [6.07, 6.45) is 0.851. The molecule has 0 aliphatic carbocycles. The van der Waals surface area contributed by atoms with E-state index < -0.39 is 0 Å². The van der Waals surface area contributed by atoms with Crippen molar-refractivity contribution in [1.82, 2.24) is 5.32 Å². The second-order valence-electron chi connectivity index (χ2n) is 4.92. The SMILES string of the molecule is CCC(NC(=O)c1ccc(N)cc1C)c1ccccc1. The molecule has 0 bridgehead atoms. The molecule has 0 heterocycles. The zero-order valence-corrected chi connectivity index (χ0v) is 11.9. The van der Waals surface area contributed by atoms with E-state index in [-0.39, 0.29) is 11.9 Å². The van der Waals surface area contributed by atoms with Crippen molar-refractivity contribution in [2.45, 2.75) is 26.3 Å². The monoisotopic (exact) mass is 268 g/mol. The van der Waals surface area contributed by atoms with E-state index in [0.717, 1.165) is 17.5 Å². The summed E-state index contributed by atoms with van der Waals surface area (Å²) < 4.78 is 0. The summed E-state index contributed by atoms with van der Waals surface area (Å²) in [4.78, 5) is 12.4. The largest absolute Gasteiger partial charge is 0.399 e. The molecule has 3 nitrogen and oxygen atoms in total. The Kier molecular flexibility index (Phi) is 4.41. The molecule has 0 radical (unpaired) electrons. The van der Waals surface area contributed by atoms with Crippen molar-refractivity contribution >= 4 is 11.6 Å². The van der Waals surface area contributed by atoms with Crippen LogP contribution in [0.25, 0.3) is 0 Å². The molecule has 0 saturated carbocycles. The van der Waals surface area contributed by atoms with E-state index in [1.807, 2.05) is 43.3 Å². The van der Waals surface area contributed by atoms with E-state index in [9.17, 15) is 4.79 Å². The standard InChI is InChI=1S/C17H20N2O/c1-3-16(13-7-5-4-6-8-13)19-17(20)15-10-9-14(18)11-12(15)2/h4-11,16H,3,18H2,1-2H3,(H,19,20). The quantitative estimate of drug-likeness (QED) is 0.834. The van der Waals surface area contributed by atoms with Gasteiger partial charge in [0, 0.05) is 11.3 Å². The smallest absolute Gasteiger partial charge is 0.252 e. The predicted molar refractivity (Wildman–Crippen MR) is 82.5 cm³/mol. The number of nitrogens with two attached hydrogens (primary N) is 1. The molecule has 0 aliphatic heterocycles. The number of anilines is 1. The van der Waals surface area contributed by atoms with Gasteiger partial charge in [0.05, 0.1) is 6.04 Å². The highest BCUT2D eigenvalue weighted by Crippen LogP contribution is 2.18. The molecule has 0 fully saturated rings. The van der Waals surface area contributed by atoms with Gasteiger partial charge in [-0.15, -0.1) is 0 Å². The number of hydrogen-bond donors (Lipinski definition) is 2. The van der Waals surface area contributed by atoms with Crippen LogP contribution in [0, 0.1) is 6.92 Å². The van der Waals surface area contributed by atoms with Crippen LogP contribution in [0.3, 0.4) is 0 Å². The number of carbonyl (C=O) groups is 1. The Bertz CT molecular complexity index is 593. The molecule has 104 valence electrons. The van der Waals surface area contributed by atoms with Gasteiger partial charge >= 0.3 is 0 Å². The number of amides is 1. The normalized spacial score (nSPS) is 11.9. The Morgan fingerprint density at radius 1 is 1.20 bits per heavy atom. The highest BCUT2D eigenvalue weighted by atomic mass is 16.1. The summed E-state index contributed by atoms with van der Waals surface area (Å²) in [6, 6.07) is 15.4. The first kappa shape index (κ1) is 14.1. The number of nitrogens with one attached hydrogen (secondary N) is 1. The summed E-state index contributed by atoms with van der Waals surface area (Å²) in [5.74, 6) is -0.0572. The Morgan fingerprint density at radius 3 is 2.50 bits per heavy atom. The Morgan fingerprint density at radius 2 is 1.90 bits per heavy atom. The van der Waals surface area contributed by atoms with Gasteiger partial charge in [0.2, 0.25) is 0 Å². The van der Waals surface area contributed by atoms with Gasteiger partial charge < -0.3 is 11.1 Å². The molecule has 1 atom stereocenters. The van der Waals surface area contributed by atoms with E-state index in [1.165, 1.54) is 0 Å². The Hall–Kier alpha value is -2.29. The summed E-state index contributed by atoms with van der Waals surface area (Å²) in [7, 11) is 0. The maximum absolute atomic E-state index is 12.4. The predicted octanol–water partition coefficient (Wildman–Crippen LogP) is 3.46. The minimum Gasteiger partial charge on any atom is -0.399 e. The molecular formula is C17H20N2O. The van der Waals surface area contributed by atoms with E-state index in [1.54, 1.807) is 12.1 Å². The van der Waals surface area contributed by atoms with E-state index in [4.69, 9.17) is 5.73 Å². The Balaban J connectivity index is 2.17. The van der Waals surface area contributed by atoms with Crippen LogP contribution in [0.15, 0.2) is 48.5 Å². The van der Waals surface area contributed by atoms with Crippen LogP contribution in [0.5, 0.6) is 0 Å². The van der Waals surface area contributed by atoms with Crippen molar-refractivity contribution in [3.63, 3.8) is 0 Å². The van der Waals surface area contributed by atoms with Gasteiger partial charge in [0.1, 0.15) is 0 Å². The van der Waals surface area contributed by atoms with Crippen LogP contribution in [0.1, 0.15) is 40.9 Å². The molecular weight excluding hydrogens is 248 g/mol. The van der Waals surface area contributed by atoms with E-state index >= 15 is 0 Å². The van der Waals surface area contributed by atoms with Crippen LogP contribution >= 0.6 is 0 Å². The maximum Gasteiger partial charge on any atom is 0.252 e. The van der Waals surface area contributed by atoms with Crippen molar-refractivity contribution in [2.75, 3.05) is 5.73 Å². The molecule has 3 heteroatoms. The zero-order valence-electron chi connectivity index (χ0n) is 11.9. The average Bonchev–Trinajstić information content (AvgIpc) is 2.45. The number of rotatable bonds is 4. The van der Waals surface area contributed by atoms with Gasteiger partial charge in [-0.1, -0.05) is 37.3 Å². The van der Waals surface area contributed by atoms with Crippen molar-refractivity contribution < 1.29 is 4.79 Å². The molecule has 2 aromatic carbocycles. The third kappa shape index (κ3) is 3.18. The van der Waals surface area contributed by atoms with Crippen LogP contribution < -0.4 is 11.1 Å². The van der Waals surface area contributed by atoms with Gasteiger partial charge in [-0.25, -0.2) is 0 Å². The minimum atomic E-state index is -0.0572. The third-order valence-corrected chi connectivity index (χ3v) is 3.41. The molecule has 0 saturated heterocycles. The molecule has 0 aliphatic rings. The first-order chi connectivity index (χ1) is 9.61. The number of carbonyl (C=O) groups excluding carboxylic acids is 1. The van der Waals surface area contributed by atoms with Gasteiger partial charge in [-0.2, -0.15) is 0 Å². The summed E-state index contributed by atoms with van der Waals surface area (Å²) in [6.45, 7) is 3.96. The first-order valence-corrected chi connectivity index (χ1v) is 6.83. The molecule has 2 rings (SSSR count). The molecule has 1 amide bonds. The minimum absolute atomic E-state index is 0.0284. The first-order valence-electron chi connectivity index (χ1n) is 6.83. The fraction of sp³-hybridized carbons (Fsp3) is 0.235. The molecule has 1 unspecified atom stereocenters. The number of benzene rings is 2. The lowest BCUT2D eigenvalue weighted by molar-refractivity contribution is 0.0935. The van der Waals surface area contributed by atoms with Crippen molar-refractivity contribution in [3.05, 3.63) is 65.2 Å². The summed E-state index contributed by atoms with van der Waals surface area (Å²) in [5, 5.41) is 3.08. The second kappa shape index (κ2) is 6.24. The lowest BCUT2D eigenvalue weighted by Crippen LogP contribution is -2.28. The van der Waals surface area contributed by atoms with Crippen LogP contribution in [0.4, 0.5) is 5.69 Å². The fourth-order valence-corrected chi connectivity index (χ4v) is 2.28. The highest BCUT2D eigenvalue weighted by Gasteiger charge is 2.15. The van der Waals surface area contributed by atoms with Gasteiger partial charge in [0.15, 0.2) is 0 Å². The lowest BCUT2D eigenvalue weighted by atomic mass is 10.0. The maximum atomic E-state index is 12.4. The number of aryl methyl sites for hydroxylation is 1. The van der Waals surface area contributed by atoms with Crippen LogP contribution in [-0.2, 0) is 0 Å². The summed E-state index contributed by atoms with van der Waals surface area (Å²) in [5.41, 5.74) is 9.08. The van der Waals surface area contributed by atoms with Gasteiger partial charge in [0.25, 0.3) is 5.91 Å². The molecule has 20 heavy (non-hydrogen) atoms. The topological polar surface area (TPSA) is 55.1 Å². The number of hydrogen-bond acceptors (Lipinski definition) is 2. The van der Waals surface area contributed by atoms with E-state index in [0.29, 0.717) is 11.3 Å². The van der Waals surface area contributed by atoms with Gasteiger partial charge in [-0.3, -0.25) is 4.79 Å². The molecule has 0 spiro atoms. The molecule has 0 aromatic heterocycles. The second-order valence-corrected chi connectivity index (χ2v) is 4.92. The van der Waals surface area contributed by atoms with Crippen LogP contribution in [-0.4, -0.2) is 5.91 Å². The molecule has 3 N–H and O–H groups in total. The number of nitrogen functional groups attached to an aromatic ring is 1. The fourth-order valence-electron chi connectivity index (χ4n) is 2.28.